The summed E-state index contributed by atoms with van der Waals surface area (Å²) in [5.74, 6) is 0.778. The summed E-state index contributed by atoms with van der Waals surface area (Å²) in [7, 11) is 0. The van der Waals surface area contributed by atoms with Gasteiger partial charge in [-0.3, -0.25) is 0 Å². The molecular formula is C18H19ClN4S. The van der Waals surface area contributed by atoms with Gasteiger partial charge in [0.25, 0.3) is 0 Å². The van der Waals surface area contributed by atoms with Crippen molar-refractivity contribution in [3.05, 3.63) is 40.0 Å². The number of fused-ring (bicyclic) bond motifs is 1. The lowest BCUT2D eigenvalue weighted by Gasteiger charge is -2.18. The quantitative estimate of drug-likeness (QED) is 0.644. The highest BCUT2D eigenvalue weighted by Crippen LogP contribution is 2.35. The third-order valence-corrected chi connectivity index (χ3v) is 5.87. The molecule has 1 saturated heterocycles. The molecule has 1 N–H and O–H groups in total. The fraction of sp³-hybridized carbons (Fsp3) is 0.333. The van der Waals surface area contributed by atoms with Crippen LogP contribution < -0.4 is 10.2 Å². The highest BCUT2D eigenvalue weighted by atomic mass is 35.5. The molecule has 0 saturated carbocycles. The van der Waals surface area contributed by atoms with Gasteiger partial charge in [-0.25, -0.2) is 4.98 Å². The van der Waals surface area contributed by atoms with Crippen LogP contribution in [0.3, 0.4) is 0 Å². The molecule has 0 atom stereocenters. The number of nitrogens with zero attached hydrogens (tertiary/aromatic N) is 3. The summed E-state index contributed by atoms with van der Waals surface area (Å²) in [5.41, 5.74) is 3.51. The first-order valence-electron chi connectivity index (χ1n) is 8.17. The molecule has 0 bridgehead atoms. The summed E-state index contributed by atoms with van der Waals surface area (Å²) >= 11 is 7.76. The Hall–Kier alpha value is -1.85. The number of hydrogen-bond donors (Lipinski definition) is 1. The first-order chi connectivity index (χ1) is 11.6. The molecule has 0 unspecified atom stereocenters. The third-order valence-electron chi connectivity index (χ3n) is 4.60. The number of anilines is 3. The van der Waals surface area contributed by atoms with Gasteiger partial charge in [-0.05, 0) is 68.1 Å². The summed E-state index contributed by atoms with van der Waals surface area (Å²) in [4.78, 5) is 13.4. The van der Waals surface area contributed by atoms with E-state index in [1.807, 2.05) is 0 Å². The first-order valence-corrected chi connectivity index (χ1v) is 9.36. The molecule has 1 aliphatic rings. The summed E-state index contributed by atoms with van der Waals surface area (Å²) in [6.45, 7) is 6.52. The Balaban J connectivity index is 1.66. The van der Waals surface area contributed by atoms with E-state index in [1.54, 1.807) is 11.3 Å². The Labute approximate surface area is 150 Å². The van der Waals surface area contributed by atoms with E-state index >= 15 is 0 Å². The van der Waals surface area contributed by atoms with Crippen LogP contribution in [0.1, 0.15) is 23.3 Å². The van der Waals surface area contributed by atoms with E-state index in [0.717, 1.165) is 34.8 Å². The molecule has 6 heteroatoms. The SMILES string of the molecule is Cc1sc2nc(Cl)nc(Nc3ccc(N4CCCC4)cc3)c2c1C. The van der Waals surface area contributed by atoms with E-state index in [9.17, 15) is 0 Å². The van der Waals surface area contributed by atoms with Crippen molar-refractivity contribution in [2.24, 2.45) is 0 Å². The van der Waals surface area contributed by atoms with Crippen LogP contribution in [0.2, 0.25) is 5.28 Å². The average molecular weight is 359 g/mol. The van der Waals surface area contributed by atoms with E-state index in [4.69, 9.17) is 11.6 Å². The maximum Gasteiger partial charge on any atom is 0.225 e. The summed E-state index contributed by atoms with van der Waals surface area (Å²) in [5, 5.41) is 4.75. The number of aromatic nitrogens is 2. The molecule has 1 aromatic carbocycles. The van der Waals surface area contributed by atoms with Crippen LogP contribution in [0.5, 0.6) is 0 Å². The lowest BCUT2D eigenvalue weighted by molar-refractivity contribution is 0.949. The van der Waals surface area contributed by atoms with Crippen molar-refractivity contribution in [2.75, 3.05) is 23.3 Å². The van der Waals surface area contributed by atoms with Crippen LogP contribution in [-0.2, 0) is 0 Å². The maximum absolute atomic E-state index is 6.10. The zero-order valence-corrected chi connectivity index (χ0v) is 15.3. The van der Waals surface area contributed by atoms with Crippen LogP contribution in [0.4, 0.5) is 17.2 Å². The monoisotopic (exact) mass is 358 g/mol. The van der Waals surface area contributed by atoms with E-state index < -0.39 is 0 Å². The van der Waals surface area contributed by atoms with Crippen LogP contribution >= 0.6 is 22.9 Å². The molecular weight excluding hydrogens is 340 g/mol. The standard InChI is InChI=1S/C18H19ClN4S/c1-11-12(2)24-17-15(11)16(21-18(19)22-17)20-13-5-7-14(8-6-13)23-9-3-4-10-23/h5-8H,3-4,9-10H2,1-2H3,(H,20,21,22). The Morgan fingerprint density at radius 3 is 2.50 bits per heavy atom. The topological polar surface area (TPSA) is 41.1 Å². The number of halogens is 1. The van der Waals surface area contributed by atoms with Gasteiger partial charge in [-0.15, -0.1) is 11.3 Å². The molecule has 124 valence electrons. The van der Waals surface area contributed by atoms with Crippen molar-refractivity contribution in [1.82, 2.24) is 9.97 Å². The maximum atomic E-state index is 6.10. The first kappa shape index (κ1) is 15.7. The molecule has 0 aliphatic carbocycles. The second-order valence-corrected chi connectivity index (χ2v) is 7.71. The molecule has 0 amide bonds. The van der Waals surface area contributed by atoms with Crippen molar-refractivity contribution >= 4 is 50.3 Å². The minimum Gasteiger partial charge on any atom is -0.372 e. The lowest BCUT2D eigenvalue weighted by atomic mass is 10.2. The number of nitrogens with one attached hydrogen (secondary N) is 1. The molecule has 0 radical (unpaired) electrons. The Morgan fingerprint density at radius 2 is 1.79 bits per heavy atom. The number of rotatable bonds is 3. The van der Waals surface area contributed by atoms with Crippen LogP contribution in [0.15, 0.2) is 24.3 Å². The van der Waals surface area contributed by atoms with Gasteiger partial charge in [-0.1, -0.05) is 0 Å². The second kappa shape index (κ2) is 6.22. The minimum atomic E-state index is 0.278. The van der Waals surface area contributed by atoms with Crippen LogP contribution in [0.25, 0.3) is 10.2 Å². The molecule has 1 fully saturated rings. The van der Waals surface area contributed by atoms with Gasteiger partial charge in [0.05, 0.1) is 5.39 Å². The zero-order valence-electron chi connectivity index (χ0n) is 13.8. The van der Waals surface area contributed by atoms with Gasteiger partial charge in [0, 0.05) is 29.3 Å². The fourth-order valence-corrected chi connectivity index (χ4v) is 4.43. The van der Waals surface area contributed by atoms with Gasteiger partial charge >= 0.3 is 0 Å². The highest BCUT2D eigenvalue weighted by Gasteiger charge is 2.15. The van der Waals surface area contributed by atoms with Crippen LogP contribution in [0, 0.1) is 13.8 Å². The van der Waals surface area contributed by atoms with Gasteiger partial charge in [-0.2, -0.15) is 4.98 Å². The molecule has 3 heterocycles. The molecule has 0 spiro atoms. The Morgan fingerprint density at radius 1 is 1.08 bits per heavy atom. The van der Waals surface area contributed by atoms with E-state index in [0.29, 0.717) is 0 Å². The largest absolute Gasteiger partial charge is 0.372 e. The van der Waals surface area contributed by atoms with Crippen molar-refractivity contribution in [1.29, 1.82) is 0 Å². The molecule has 24 heavy (non-hydrogen) atoms. The van der Waals surface area contributed by atoms with Gasteiger partial charge in [0.2, 0.25) is 5.28 Å². The van der Waals surface area contributed by atoms with Crippen molar-refractivity contribution < 1.29 is 0 Å². The summed E-state index contributed by atoms with van der Waals surface area (Å²) in [6, 6.07) is 8.53. The molecule has 2 aromatic heterocycles. The minimum absolute atomic E-state index is 0.278. The smallest absolute Gasteiger partial charge is 0.225 e. The molecule has 4 rings (SSSR count). The highest BCUT2D eigenvalue weighted by molar-refractivity contribution is 7.18. The normalized spacial score (nSPS) is 14.5. The Kier molecular flexibility index (Phi) is 4.06. The Bertz CT molecular complexity index is 882. The zero-order chi connectivity index (χ0) is 16.7. The van der Waals surface area contributed by atoms with Gasteiger partial charge in [0.15, 0.2) is 0 Å². The predicted molar refractivity (Wildman–Crippen MR) is 103 cm³/mol. The van der Waals surface area contributed by atoms with Crippen molar-refractivity contribution in [3.8, 4) is 0 Å². The molecule has 3 aromatic rings. The summed E-state index contributed by atoms with van der Waals surface area (Å²) in [6.07, 6.45) is 2.57. The van der Waals surface area contributed by atoms with E-state index in [-0.39, 0.29) is 5.28 Å². The second-order valence-electron chi connectivity index (χ2n) is 6.17. The van der Waals surface area contributed by atoms with Crippen molar-refractivity contribution in [2.45, 2.75) is 26.7 Å². The lowest BCUT2D eigenvalue weighted by Crippen LogP contribution is -2.17. The van der Waals surface area contributed by atoms with Gasteiger partial charge in [0.1, 0.15) is 10.6 Å². The average Bonchev–Trinajstić information content (AvgIpc) is 3.17. The van der Waals surface area contributed by atoms with Crippen molar-refractivity contribution in [3.63, 3.8) is 0 Å². The van der Waals surface area contributed by atoms with Gasteiger partial charge < -0.3 is 10.2 Å². The number of aryl methyl sites for hydroxylation is 2. The van der Waals surface area contributed by atoms with Crippen LogP contribution in [-0.4, -0.2) is 23.1 Å². The molecule has 1 aliphatic heterocycles. The van der Waals surface area contributed by atoms with E-state index in [2.05, 4.69) is 58.3 Å². The third kappa shape index (κ3) is 2.82. The summed E-state index contributed by atoms with van der Waals surface area (Å²) < 4.78 is 0. The predicted octanol–water partition coefficient (Wildman–Crippen LogP) is 5.31. The fourth-order valence-electron chi connectivity index (χ4n) is 3.18. The van der Waals surface area contributed by atoms with E-state index in [1.165, 1.54) is 29.0 Å². The molecule has 4 nitrogen and oxygen atoms in total. The number of thiophene rings is 1. The number of hydrogen-bond acceptors (Lipinski definition) is 5. The number of benzene rings is 1.